The van der Waals surface area contributed by atoms with Crippen molar-refractivity contribution in [2.24, 2.45) is 58.2 Å². The minimum atomic E-state index is -5.17. The first-order valence-corrected chi connectivity index (χ1v) is 31.7. The van der Waals surface area contributed by atoms with Crippen molar-refractivity contribution in [3.8, 4) is 0 Å². The molecule has 0 aromatic heterocycles. The van der Waals surface area contributed by atoms with Gasteiger partial charge in [-0.1, -0.05) is 249 Å². The largest absolute Gasteiger partial charge is 0.400 e. The van der Waals surface area contributed by atoms with Gasteiger partial charge in [-0.3, -0.25) is 0 Å². The predicted octanol–water partition coefficient (Wildman–Crippen LogP) is 30.9. The third-order valence-electron chi connectivity index (χ3n) is 13.5. The van der Waals surface area contributed by atoms with E-state index in [4.69, 9.17) is 0 Å². The van der Waals surface area contributed by atoms with Crippen LogP contribution in [0.1, 0.15) is 301 Å². The number of unbranched alkanes of at least 4 members (excludes halogenated alkanes) is 5. The van der Waals surface area contributed by atoms with E-state index in [0.717, 1.165) is 50.4 Å². The summed E-state index contributed by atoms with van der Waals surface area (Å²) in [5, 5.41) is 0. The summed E-state index contributed by atoms with van der Waals surface area (Å²) in [5.74, 6) is -6.94. The molecule has 0 saturated carbocycles. The van der Waals surface area contributed by atoms with Gasteiger partial charge >= 0.3 is 55.6 Å². The highest BCUT2D eigenvalue weighted by molar-refractivity contribution is 4.76. The summed E-state index contributed by atoms with van der Waals surface area (Å²) in [7, 11) is 0. The Hall–Kier alpha value is -1.89. The molecule has 0 aromatic rings. The van der Waals surface area contributed by atoms with Crippen LogP contribution in [0.15, 0.2) is 0 Å². The maximum absolute atomic E-state index is 11.8. The minimum Gasteiger partial charge on any atom is -0.171 e. The fraction of sp³-hybridized carbons (Fsp3) is 1.00. The zero-order valence-electron chi connectivity index (χ0n) is 58.9. The van der Waals surface area contributed by atoms with Crippen LogP contribution in [-0.4, -0.2) is 55.6 Å². The van der Waals surface area contributed by atoms with Crippen molar-refractivity contribution in [2.75, 3.05) is 0 Å². The average Bonchev–Trinajstić information content (AvgIpc) is 1.27. The maximum Gasteiger partial charge on any atom is 0.400 e. The van der Waals surface area contributed by atoms with Gasteiger partial charge in [-0.15, -0.1) is 0 Å². The van der Waals surface area contributed by atoms with E-state index in [1.54, 1.807) is 13.8 Å². The van der Waals surface area contributed by atoms with Gasteiger partial charge in [-0.25, -0.2) is 0 Å². The van der Waals surface area contributed by atoms with Gasteiger partial charge in [0.2, 0.25) is 0 Å². The number of hydrogen-bond donors (Lipinski definition) is 0. The molecule has 566 valence electrons. The molecule has 0 N–H and O–H groups in total. The third kappa shape index (κ3) is 102. The summed E-state index contributed by atoms with van der Waals surface area (Å²) >= 11 is 0. The first kappa shape index (κ1) is 111. The lowest BCUT2D eigenvalue weighted by Crippen LogP contribution is -2.36. The Balaban J connectivity index is -0.000000101. The molecule has 0 nitrogen and oxygen atoms in total. The van der Waals surface area contributed by atoms with Gasteiger partial charge in [0.25, 0.3) is 0 Å². The molecule has 91 heavy (non-hydrogen) atoms. The van der Waals surface area contributed by atoms with Crippen LogP contribution >= 0.6 is 0 Å². The minimum absolute atomic E-state index is 0.0658. The monoisotopic (exact) mass is 1400 g/mol. The van der Waals surface area contributed by atoms with E-state index < -0.39 is 118 Å². The summed E-state index contributed by atoms with van der Waals surface area (Å²) < 4.78 is 315. The van der Waals surface area contributed by atoms with Gasteiger partial charge in [-0.05, 0) is 66.6 Å². The van der Waals surface area contributed by atoms with E-state index in [2.05, 4.69) is 104 Å². The van der Waals surface area contributed by atoms with E-state index in [9.17, 15) is 119 Å². The van der Waals surface area contributed by atoms with Crippen molar-refractivity contribution < 1.29 is 119 Å². The van der Waals surface area contributed by atoms with Gasteiger partial charge in [0.05, 0.1) is 11.8 Å². The van der Waals surface area contributed by atoms with Crippen LogP contribution in [0.25, 0.3) is 0 Å². The quantitative estimate of drug-likeness (QED) is 0.0842. The van der Waals surface area contributed by atoms with E-state index in [0.29, 0.717) is 36.5 Å². The molecule has 0 aromatic carbocycles. The predicted molar refractivity (Wildman–Crippen MR) is 319 cm³/mol. The standard InChI is InChI=1S/C7H10F6.3C7H13F3.2C6H8F6.4C6H14/c1-2-3-4-5(6(8,9)10)7(11,12)13;1-3-4-6(2)5-7(8,9)10;1-3-4-5-6(2)7(8,9)10;1-2-3-4-5-6-7(8,9)10;1-4(6(10,11)12)2-3-5(7,8)9;1-2-3-4(5(7,8)9)6(10,11)12;2*1-5-6(2,3)4;1-5(2)6(3)4;1-4-6(3)5-2/h5H,2-4H2,1H3;2*6H,3-5H2,1-2H3;2-6H2,1H3;2*4H,2-3H2,1H3;2*5H2,1-4H3;5-6H,1-4H3;6H,4-5H2,1-3H3/t;2*6-;;4-;;;;;/m.00.0...../s1. The van der Waals surface area contributed by atoms with Crippen molar-refractivity contribution in [1.29, 1.82) is 0 Å². The van der Waals surface area contributed by atoms with E-state index >= 15 is 0 Å². The lowest BCUT2D eigenvalue weighted by molar-refractivity contribution is -0.287. The fourth-order valence-corrected chi connectivity index (χ4v) is 4.97. The molecule has 0 rings (SSSR count). The van der Waals surface area contributed by atoms with Crippen LogP contribution in [0.3, 0.4) is 0 Å². The summed E-state index contributed by atoms with van der Waals surface area (Å²) in [5.41, 5.74) is 1.08. The van der Waals surface area contributed by atoms with E-state index in [-0.39, 0.29) is 31.6 Å². The van der Waals surface area contributed by atoms with Crippen LogP contribution in [-0.2, 0) is 0 Å². The van der Waals surface area contributed by atoms with Crippen LogP contribution in [0.4, 0.5) is 119 Å². The molecule has 0 spiro atoms. The Kier molecular flexibility index (Phi) is 67.0. The first-order chi connectivity index (χ1) is 40.1. The number of alkyl halides is 27. The van der Waals surface area contributed by atoms with Crippen LogP contribution in [0.2, 0.25) is 0 Å². The highest BCUT2D eigenvalue weighted by atomic mass is 19.4. The maximum atomic E-state index is 11.8. The average molecular weight is 1400 g/mol. The third-order valence-corrected chi connectivity index (χ3v) is 13.5. The van der Waals surface area contributed by atoms with Crippen LogP contribution < -0.4 is 0 Å². The Labute approximate surface area is 531 Å². The smallest absolute Gasteiger partial charge is 0.171 e. The second-order valence-electron chi connectivity index (χ2n) is 25.8. The van der Waals surface area contributed by atoms with Crippen molar-refractivity contribution in [1.82, 2.24) is 0 Å². The molecule has 0 unspecified atom stereocenters. The zero-order valence-corrected chi connectivity index (χ0v) is 58.9. The molecule has 0 aliphatic carbocycles. The normalized spacial score (nSPS) is 13.6. The molecule has 0 aliphatic heterocycles. The molecule has 0 fully saturated rings. The molecule has 0 radical (unpaired) electrons. The van der Waals surface area contributed by atoms with Crippen molar-refractivity contribution in [3.63, 3.8) is 0 Å². The molecule has 0 amide bonds. The zero-order chi connectivity index (χ0) is 75.7. The van der Waals surface area contributed by atoms with Gasteiger partial charge in [0, 0.05) is 19.3 Å². The Morgan fingerprint density at radius 2 is 0.527 bits per heavy atom. The van der Waals surface area contributed by atoms with E-state index in [1.807, 2.05) is 20.8 Å². The highest BCUT2D eigenvalue weighted by Gasteiger charge is 2.56. The Bertz CT molecular complexity index is 1440. The van der Waals surface area contributed by atoms with Crippen molar-refractivity contribution >= 4 is 0 Å². The molecule has 27 heteroatoms. The van der Waals surface area contributed by atoms with Crippen LogP contribution in [0.5, 0.6) is 0 Å². The molecule has 3 atom stereocenters. The van der Waals surface area contributed by atoms with Crippen LogP contribution in [0, 0.1) is 58.2 Å². The Morgan fingerprint density at radius 1 is 0.253 bits per heavy atom. The van der Waals surface area contributed by atoms with Crippen molar-refractivity contribution in [3.05, 3.63) is 0 Å². The fourth-order valence-electron chi connectivity index (χ4n) is 4.97. The van der Waals surface area contributed by atoms with Crippen molar-refractivity contribution in [2.45, 2.75) is 356 Å². The van der Waals surface area contributed by atoms with Gasteiger partial charge in [0.15, 0.2) is 11.8 Å². The summed E-state index contributed by atoms with van der Waals surface area (Å²) in [4.78, 5) is 0. The lowest BCUT2D eigenvalue weighted by atomic mass is 9.94. The highest BCUT2D eigenvalue weighted by Crippen LogP contribution is 2.43. The number of halogens is 27. The van der Waals surface area contributed by atoms with E-state index in [1.165, 1.54) is 39.5 Å². The van der Waals surface area contributed by atoms with Gasteiger partial charge < -0.3 is 0 Å². The topological polar surface area (TPSA) is 0 Å². The molecular weight excluding hydrogens is 1280 g/mol. The Morgan fingerprint density at radius 3 is 0.714 bits per heavy atom. The summed E-state index contributed by atoms with van der Waals surface area (Å²) in [6, 6.07) is 0. The summed E-state index contributed by atoms with van der Waals surface area (Å²) in [6.45, 7) is 45.8. The van der Waals surface area contributed by atoms with Gasteiger partial charge in [-0.2, -0.15) is 119 Å². The molecular formula is C64H121F27. The number of hydrogen-bond acceptors (Lipinski definition) is 0. The molecule has 0 heterocycles. The summed E-state index contributed by atoms with van der Waals surface area (Å²) in [6.07, 6.45) is -35.5. The SMILES string of the molecule is CC(C)C(C)C.CCC(C)(C)C.CCC(C)(C)C.CCC(C)CC.CCCC(C(F)(F)F)C(F)(F)F.CCCCC(C(F)(F)F)C(F)(F)F.CCCCCCC(F)(F)F.CCCC[C@H](C)C(F)(F)F.CCC[C@H](C)CC(F)(F)F.C[C@@H](CCC(F)(F)F)C(F)(F)F. The van der Waals surface area contributed by atoms with Gasteiger partial charge in [0.1, 0.15) is 0 Å². The lowest BCUT2D eigenvalue weighted by Gasteiger charge is -2.22. The molecule has 0 bridgehead atoms. The second-order valence-corrected chi connectivity index (χ2v) is 25.8. The molecule has 0 saturated heterocycles. The molecule has 0 aliphatic rings. The number of rotatable bonds is 20. The second kappa shape index (κ2) is 55.1. The first-order valence-electron chi connectivity index (χ1n) is 31.7.